The summed E-state index contributed by atoms with van der Waals surface area (Å²) < 4.78 is 5.69. The van der Waals surface area contributed by atoms with E-state index < -0.39 is 0 Å². The zero-order valence-electron chi connectivity index (χ0n) is 10.3. The predicted molar refractivity (Wildman–Crippen MR) is 74.3 cm³/mol. The maximum atomic E-state index is 5.69. The summed E-state index contributed by atoms with van der Waals surface area (Å²) in [5.41, 5.74) is 0. The fourth-order valence-corrected chi connectivity index (χ4v) is 2.52. The highest BCUT2D eigenvalue weighted by Gasteiger charge is 2.20. The maximum absolute atomic E-state index is 5.69. The van der Waals surface area contributed by atoms with E-state index in [-0.39, 0.29) is 0 Å². The molecule has 0 atom stereocenters. The van der Waals surface area contributed by atoms with Gasteiger partial charge in [-0.15, -0.1) is 0 Å². The van der Waals surface area contributed by atoms with Gasteiger partial charge >= 0.3 is 0 Å². The average Bonchev–Trinajstić information content (AvgIpc) is 2.40. The minimum Gasteiger partial charge on any atom is -0.432 e. The van der Waals surface area contributed by atoms with Crippen LogP contribution in [-0.2, 0) is 0 Å². The van der Waals surface area contributed by atoms with Gasteiger partial charge in [0.15, 0.2) is 0 Å². The molecule has 0 amide bonds. The van der Waals surface area contributed by atoms with Gasteiger partial charge in [0.1, 0.15) is 5.75 Å². The number of thiocarbonyl (C=S) groups is 1. The molecule has 0 bridgehead atoms. The second-order valence-corrected chi connectivity index (χ2v) is 4.93. The Labute approximate surface area is 109 Å². The van der Waals surface area contributed by atoms with Crippen LogP contribution in [0.4, 0.5) is 0 Å². The lowest BCUT2D eigenvalue weighted by atomic mass is 9.95. The van der Waals surface area contributed by atoms with Crippen molar-refractivity contribution in [3.8, 4) is 5.75 Å². The molecule has 92 valence electrons. The first-order chi connectivity index (χ1) is 8.27. The van der Waals surface area contributed by atoms with Gasteiger partial charge in [-0.3, -0.25) is 0 Å². The van der Waals surface area contributed by atoms with E-state index in [2.05, 4.69) is 4.90 Å². The molecular weight excluding hydrogens is 230 g/mol. The monoisotopic (exact) mass is 249 g/mol. The third-order valence-electron chi connectivity index (χ3n) is 3.36. The fourth-order valence-electron chi connectivity index (χ4n) is 2.28. The number of para-hydroxylation sites is 1. The summed E-state index contributed by atoms with van der Waals surface area (Å²) in [6, 6.07) is 10.3. The summed E-state index contributed by atoms with van der Waals surface area (Å²) in [5.74, 6) is 0.820. The molecule has 2 nitrogen and oxygen atoms in total. The van der Waals surface area contributed by atoms with Crippen molar-refractivity contribution in [3.05, 3.63) is 30.3 Å². The van der Waals surface area contributed by atoms with Crippen molar-refractivity contribution in [3.63, 3.8) is 0 Å². The van der Waals surface area contributed by atoms with Crippen molar-refractivity contribution < 1.29 is 4.74 Å². The molecule has 0 N–H and O–H groups in total. The highest BCUT2D eigenvalue weighted by molar-refractivity contribution is 7.80. The first kappa shape index (κ1) is 12.4. The molecule has 0 spiro atoms. The Bertz CT molecular complexity index is 360. The van der Waals surface area contributed by atoms with Crippen LogP contribution in [-0.4, -0.2) is 23.2 Å². The van der Waals surface area contributed by atoms with Crippen LogP contribution < -0.4 is 4.74 Å². The summed E-state index contributed by atoms with van der Waals surface area (Å²) in [4.78, 5) is 2.11. The van der Waals surface area contributed by atoms with Gasteiger partial charge in [-0.25, -0.2) is 0 Å². The number of rotatable bonds is 2. The average molecular weight is 249 g/mol. The molecule has 1 saturated carbocycles. The zero-order chi connectivity index (χ0) is 12.1. The van der Waals surface area contributed by atoms with Crippen LogP contribution in [0.5, 0.6) is 5.75 Å². The molecule has 1 aromatic carbocycles. The van der Waals surface area contributed by atoms with Crippen LogP contribution in [0.1, 0.15) is 32.1 Å². The maximum Gasteiger partial charge on any atom is 0.264 e. The van der Waals surface area contributed by atoms with Gasteiger partial charge in [0.05, 0.1) is 0 Å². The number of benzene rings is 1. The summed E-state index contributed by atoms with van der Waals surface area (Å²) in [5, 5.41) is 0.586. The fraction of sp³-hybridized carbons (Fsp3) is 0.500. The van der Waals surface area contributed by atoms with E-state index in [1.165, 1.54) is 32.1 Å². The number of ether oxygens (including phenoxy) is 1. The van der Waals surface area contributed by atoms with Crippen molar-refractivity contribution in [1.82, 2.24) is 4.90 Å². The number of hydrogen-bond acceptors (Lipinski definition) is 2. The Morgan fingerprint density at radius 3 is 2.47 bits per heavy atom. The molecule has 1 fully saturated rings. The first-order valence-electron chi connectivity index (χ1n) is 6.27. The van der Waals surface area contributed by atoms with Crippen LogP contribution >= 0.6 is 12.2 Å². The van der Waals surface area contributed by atoms with Gasteiger partial charge in [0.2, 0.25) is 0 Å². The van der Waals surface area contributed by atoms with Gasteiger partial charge < -0.3 is 9.64 Å². The Hall–Kier alpha value is -1.09. The van der Waals surface area contributed by atoms with Gasteiger partial charge in [0, 0.05) is 13.1 Å². The van der Waals surface area contributed by atoms with E-state index in [0.29, 0.717) is 11.2 Å². The van der Waals surface area contributed by atoms with Gasteiger partial charge in [-0.05, 0) is 37.2 Å². The van der Waals surface area contributed by atoms with E-state index in [4.69, 9.17) is 17.0 Å². The van der Waals surface area contributed by atoms with E-state index in [9.17, 15) is 0 Å². The van der Waals surface area contributed by atoms with Crippen LogP contribution in [0.25, 0.3) is 0 Å². The third kappa shape index (κ3) is 3.43. The molecule has 17 heavy (non-hydrogen) atoms. The molecule has 0 unspecified atom stereocenters. The lowest BCUT2D eigenvalue weighted by molar-refractivity contribution is 0.253. The molecule has 0 aromatic heterocycles. The molecule has 1 aromatic rings. The standard InChI is InChI=1S/C14H19NOS/c1-15(12-8-4-2-5-9-12)14(17)16-13-10-6-3-7-11-13/h3,6-7,10-12H,2,4-5,8-9H2,1H3. The lowest BCUT2D eigenvalue weighted by Crippen LogP contribution is -2.39. The van der Waals surface area contributed by atoms with E-state index in [1.807, 2.05) is 37.4 Å². The van der Waals surface area contributed by atoms with E-state index in [1.54, 1.807) is 0 Å². The Morgan fingerprint density at radius 1 is 1.18 bits per heavy atom. The third-order valence-corrected chi connectivity index (χ3v) is 3.73. The van der Waals surface area contributed by atoms with E-state index in [0.717, 1.165) is 5.75 Å². The lowest BCUT2D eigenvalue weighted by Gasteiger charge is -2.32. The highest BCUT2D eigenvalue weighted by atomic mass is 32.1. The number of hydrogen-bond donors (Lipinski definition) is 0. The minimum absolute atomic E-state index is 0.556. The Morgan fingerprint density at radius 2 is 1.82 bits per heavy atom. The van der Waals surface area contributed by atoms with E-state index >= 15 is 0 Å². The van der Waals surface area contributed by atoms with Crippen LogP contribution in [0, 0.1) is 0 Å². The van der Waals surface area contributed by atoms with Gasteiger partial charge in [-0.1, -0.05) is 37.5 Å². The summed E-state index contributed by atoms with van der Waals surface area (Å²) in [6.07, 6.45) is 6.44. The Kier molecular flexibility index (Phi) is 4.37. The minimum atomic E-state index is 0.556. The predicted octanol–water partition coefficient (Wildman–Crippen LogP) is 3.61. The quantitative estimate of drug-likeness (QED) is 0.743. The zero-order valence-corrected chi connectivity index (χ0v) is 11.1. The smallest absolute Gasteiger partial charge is 0.264 e. The molecule has 1 aliphatic carbocycles. The molecule has 0 heterocycles. The molecule has 0 radical (unpaired) electrons. The van der Waals surface area contributed by atoms with Gasteiger partial charge in [0.25, 0.3) is 5.17 Å². The molecular formula is C14H19NOS. The van der Waals surface area contributed by atoms with Crippen molar-refractivity contribution in [2.45, 2.75) is 38.1 Å². The molecule has 2 rings (SSSR count). The molecule has 1 aliphatic rings. The summed E-state index contributed by atoms with van der Waals surface area (Å²) >= 11 is 5.34. The Balaban J connectivity index is 1.90. The topological polar surface area (TPSA) is 12.5 Å². The van der Waals surface area contributed by atoms with Crippen LogP contribution in [0.2, 0.25) is 0 Å². The van der Waals surface area contributed by atoms with Crippen molar-refractivity contribution in [1.29, 1.82) is 0 Å². The van der Waals surface area contributed by atoms with Crippen molar-refractivity contribution >= 4 is 17.4 Å². The number of nitrogens with zero attached hydrogens (tertiary/aromatic N) is 1. The second kappa shape index (κ2) is 6.01. The van der Waals surface area contributed by atoms with Crippen molar-refractivity contribution in [2.24, 2.45) is 0 Å². The SMILES string of the molecule is CN(C(=S)Oc1ccccc1)C1CCCCC1. The van der Waals surface area contributed by atoms with Gasteiger partial charge in [-0.2, -0.15) is 0 Å². The van der Waals surface area contributed by atoms with Crippen LogP contribution in [0.15, 0.2) is 30.3 Å². The van der Waals surface area contributed by atoms with Crippen LogP contribution in [0.3, 0.4) is 0 Å². The molecule has 0 aliphatic heterocycles. The summed E-state index contributed by atoms with van der Waals surface area (Å²) in [6.45, 7) is 0. The normalized spacial score (nSPS) is 16.5. The molecule has 3 heteroatoms. The second-order valence-electron chi connectivity index (χ2n) is 4.58. The molecule has 0 saturated heterocycles. The largest absolute Gasteiger partial charge is 0.432 e. The highest BCUT2D eigenvalue weighted by Crippen LogP contribution is 2.22. The van der Waals surface area contributed by atoms with Crippen molar-refractivity contribution in [2.75, 3.05) is 7.05 Å². The first-order valence-corrected chi connectivity index (χ1v) is 6.68. The summed E-state index contributed by atoms with van der Waals surface area (Å²) in [7, 11) is 2.04.